The number of nitrogens with one attached hydrogen (secondary N) is 3. The summed E-state index contributed by atoms with van der Waals surface area (Å²) in [6, 6.07) is 14.1. The van der Waals surface area contributed by atoms with E-state index in [0.717, 1.165) is 55.4 Å². The number of ether oxygens (including phenoxy) is 1. The maximum Gasteiger partial charge on any atom is 0.243 e. The van der Waals surface area contributed by atoms with Gasteiger partial charge in [-0.15, -0.1) is 0 Å². The largest absolute Gasteiger partial charge is 0.489 e. The van der Waals surface area contributed by atoms with Gasteiger partial charge in [0.25, 0.3) is 0 Å². The van der Waals surface area contributed by atoms with Gasteiger partial charge in [0.1, 0.15) is 23.9 Å². The molecule has 2 heterocycles. The lowest BCUT2D eigenvalue weighted by atomic mass is 9.96. The minimum Gasteiger partial charge on any atom is -0.489 e. The van der Waals surface area contributed by atoms with E-state index in [1.54, 1.807) is 14.0 Å². The molecule has 2 aromatic rings. The number of amides is 3. The first-order valence-electron chi connectivity index (χ1n) is 14.3. The van der Waals surface area contributed by atoms with Crippen molar-refractivity contribution in [1.82, 2.24) is 20.9 Å². The highest BCUT2D eigenvalue weighted by Gasteiger charge is 2.40. The number of hydrogen-bond donors (Lipinski definition) is 3. The molecule has 3 amide bonds. The molecule has 1 fully saturated rings. The second-order valence-electron chi connectivity index (χ2n) is 11.2. The third kappa shape index (κ3) is 6.61. The molecule has 2 aliphatic heterocycles. The highest BCUT2D eigenvalue weighted by Crippen LogP contribution is 2.35. The van der Waals surface area contributed by atoms with Gasteiger partial charge in [-0.1, -0.05) is 48.5 Å². The lowest BCUT2D eigenvalue weighted by Crippen LogP contribution is -2.57. The zero-order chi connectivity index (χ0) is 27.4. The summed E-state index contributed by atoms with van der Waals surface area (Å²) in [7, 11) is 1.67. The Morgan fingerprint density at radius 2 is 1.67 bits per heavy atom. The molecule has 1 saturated carbocycles. The van der Waals surface area contributed by atoms with E-state index in [0.29, 0.717) is 19.5 Å². The first-order valence-corrected chi connectivity index (χ1v) is 14.3. The van der Waals surface area contributed by atoms with Crippen LogP contribution < -0.4 is 20.7 Å². The quantitative estimate of drug-likeness (QED) is 0.564. The average Bonchev–Trinajstić information content (AvgIpc) is 3.79. The van der Waals surface area contributed by atoms with Crippen LogP contribution in [0.5, 0.6) is 5.75 Å². The van der Waals surface area contributed by atoms with Crippen molar-refractivity contribution in [3.63, 3.8) is 0 Å². The minimum absolute atomic E-state index is 0.0175. The van der Waals surface area contributed by atoms with E-state index >= 15 is 0 Å². The highest BCUT2D eigenvalue weighted by atomic mass is 16.5. The molecule has 2 aromatic carbocycles. The van der Waals surface area contributed by atoms with Gasteiger partial charge in [0.2, 0.25) is 17.7 Å². The van der Waals surface area contributed by atoms with Gasteiger partial charge in [0.05, 0.1) is 6.04 Å². The summed E-state index contributed by atoms with van der Waals surface area (Å²) in [5, 5.41) is 9.46. The molecule has 0 saturated heterocycles. The summed E-state index contributed by atoms with van der Waals surface area (Å²) in [6.45, 7) is 2.80. The molecule has 208 valence electrons. The summed E-state index contributed by atoms with van der Waals surface area (Å²) in [6.07, 6.45) is 5.72. The van der Waals surface area contributed by atoms with Crippen LogP contribution in [0.4, 0.5) is 0 Å². The van der Waals surface area contributed by atoms with Crippen molar-refractivity contribution in [3.8, 4) is 5.75 Å². The Bertz CT molecular complexity index is 1180. The molecule has 4 atom stereocenters. The van der Waals surface area contributed by atoms with Crippen molar-refractivity contribution in [2.45, 2.75) is 76.1 Å². The smallest absolute Gasteiger partial charge is 0.243 e. The van der Waals surface area contributed by atoms with E-state index in [4.69, 9.17) is 4.74 Å². The van der Waals surface area contributed by atoms with Crippen molar-refractivity contribution in [2.24, 2.45) is 5.92 Å². The van der Waals surface area contributed by atoms with Crippen molar-refractivity contribution in [1.29, 1.82) is 0 Å². The number of aryl methyl sites for hydroxylation is 2. The van der Waals surface area contributed by atoms with Gasteiger partial charge < -0.3 is 25.6 Å². The number of hydrogen-bond acceptors (Lipinski definition) is 5. The van der Waals surface area contributed by atoms with Gasteiger partial charge in [-0.3, -0.25) is 14.4 Å². The van der Waals surface area contributed by atoms with Gasteiger partial charge in [0, 0.05) is 26.6 Å². The Hall–Kier alpha value is -3.39. The molecule has 5 rings (SSSR count). The van der Waals surface area contributed by atoms with Crippen molar-refractivity contribution in [2.75, 3.05) is 20.1 Å². The zero-order valence-electron chi connectivity index (χ0n) is 22.9. The second kappa shape index (κ2) is 12.2. The maximum atomic E-state index is 13.6. The Kier molecular flexibility index (Phi) is 8.50. The van der Waals surface area contributed by atoms with Gasteiger partial charge in [-0.25, -0.2) is 0 Å². The van der Waals surface area contributed by atoms with E-state index in [1.165, 1.54) is 10.5 Å². The van der Waals surface area contributed by atoms with Crippen LogP contribution in [-0.4, -0.2) is 67.0 Å². The third-order valence-corrected chi connectivity index (χ3v) is 8.27. The molecule has 1 unspecified atom stereocenters. The fourth-order valence-electron chi connectivity index (χ4n) is 5.56. The van der Waals surface area contributed by atoms with Crippen molar-refractivity contribution < 1.29 is 19.1 Å². The van der Waals surface area contributed by atoms with Crippen LogP contribution in [0.2, 0.25) is 0 Å². The molecule has 2 bridgehead atoms. The lowest BCUT2D eigenvalue weighted by molar-refractivity contribution is -0.141. The number of carbonyl (C=O) groups excluding carboxylic acids is 3. The van der Waals surface area contributed by atoms with Crippen molar-refractivity contribution >= 4 is 17.7 Å². The lowest BCUT2D eigenvalue weighted by Gasteiger charge is -2.32. The van der Waals surface area contributed by atoms with Gasteiger partial charge in [-0.05, 0) is 68.1 Å². The number of carbonyl (C=O) groups is 3. The molecular formula is C31H40N4O4. The van der Waals surface area contributed by atoms with E-state index in [1.807, 2.05) is 30.3 Å². The molecule has 1 aliphatic carbocycles. The number of fused-ring (bicyclic) bond motifs is 1. The van der Waals surface area contributed by atoms with Crippen LogP contribution in [0.1, 0.15) is 49.3 Å². The summed E-state index contributed by atoms with van der Waals surface area (Å²) in [4.78, 5) is 41.7. The monoisotopic (exact) mass is 532 g/mol. The Labute approximate surface area is 230 Å². The standard InChI is InChI=1S/C31H40N4O4/c1-20-29(36)34-26(18-21-8-4-3-5-9-21)30(37)32-17-7-12-23-10-6-11-24-15-16-25(39-28(23)24)19-33-27(22-13-14-22)31(38)35(20)2/h3-6,8-11,20,22,25-27,33H,7,12-19H2,1-2H3,(H,32,37)(H,34,36)/t20-,25?,26+,27-/m0/s1. The molecular weight excluding hydrogens is 492 g/mol. The second-order valence-corrected chi connectivity index (χ2v) is 11.2. The summed E-state index contributed by atoms with van der Waals surface area (Å²) >= 11 is 0. The number of para-hydroxylation sites is 1. The molecule has 3 N–H and O–H groups in total. The van der Waals surface area contributed by atoms with Crippen LogP contribution in [0.15, 0.2) is 48.5 Å². The number of benzene rings is 2. The Morgan fingerprint density at radius 3 is 2.41 bits per heavy atom. The molecule has 0 spiro atoms. The number of nitrogens with zero attached hydrogens (tertiary/aromatic N) is 1. The minimum atomic E-state index is -0.740. The number of likely N-dealkylation sites (N-methyl/N-ethyl adjacent to an activating group) is 1. The van der Waals surface area contributed by atoms with E-state index in [-0.39, 0.29) is 35.8 Å². The fraction of sp³-hybridized carbons (Fsp3) is 0.516. The highest BCUT2D eigenvalue weighted by molar-refractivity contribution is 5.93. The van der Waals surface area contributed by atoms with Gasteiger partial charge in [0.15, 0.2) is 0 Å². The van der Waals surface area contributed by atoms with E-state index < -0.39 is 12.1 Å². The van der Waals surface area contributed by atoms with E-state index in [2.05, 4.69) is 34.1 Å². The predicted molar refractivity (Wildman–Crippen MR) is 149 cm³/mol. The van der Waals surface area contributed by atoms with Crippen LogP contribution >= 0.6 is 0 Å². The number of rotatable bonds is 3. The van der Waals surface area contributed by atoms with Gasteiger partial charge >= 0.3 is 0 Å². The average molecular weight is 533 g/mol. The van der Waals surface area contributed by atoms with Crippen LogP contribution in [0, 0.1) is 5.92 Å². The van der Waals surface area contributed by atoms with Crippen molar-refractivity contribution in [3.05, 3.63) is 65.2 Å². The first-order chi connectivity index (χ1) is 18.9. The molecule has 8 heteroatoms. The van der Waals surface area contributed by atoms with Crippen LogP contribution in [-0.2, 0) is 33.6 Å². The predicted octanol–water partition coefficient (Wildman–Crippen LogP) is 2.39. The molecule has 39 heavy (non-hydrogen) atoms. The maximum absolute atomic E-state index is 13.6. The van der Waals surface area contributed by atoms with Crippen LogP contribution in [0.3, 0.4) is 0 Å². The normalized spacial score (nSPS) is 27.0. The van der Waals surface area contributed by atoms with E-state index in [9.17, 15) is 14.4 Å². The summed E-state index contributed by atoms with van der Waals surface area (Å²) in [5.74, 6) is 0.566. The SMILES string of the molecule is C[C@H]1C(=O)N[C@H](Cc2ccccc2)C(=O)NCCCc2cccc3c2OC(CC3)CN[C@@H](C2CC2)C(=O)N1C. The molecule has 8 nitrogen and oxygen atoms in total. The summed E-state index contributed by atoms with van der Waals surface area (Å²) in [5.41, 5.74) is 3.32. The summed E-state index contributed by atoms with van der Waals surface area (Å²) < 4.78 is 6.47. The Morgan fingerprint density at radius 1 is 0.923 bits per heavy atom. The molecule has 0 radical (unpaired) electrons. The topological polar surface area (TPSA) is 99.8 Å². The van der Waals surface area contributed by atoms with Gasteiger partial charge in [-0.2, -0.15) is 0 Å². The Balaban J connectivity index is 1.39. The molecule has 0 aromatic heterocycles. The third-order valence-electron chi connectivity index (χ3n) is 8.27. The fourth-order valence-corrected chi connectivity index (χ4v) is 5.56. The first kappa shape index (κ1) is 27.2. The molecule has 3 aliphatic rings. The van der Waals surface area contributed by atoms with Crippen LogP contribution in [0.25, 0.3) is 0 Å². The zero-order valence-corrected chi connectivity index (χ0v) is 22.9.